The highest BCUT2D eigenvalue weighted by Gasteiger charge is 2.25. The molecule has 1 aliphatic rings. The molecular weight excluding hydrogens is 356 g/mol. The van der Waals surface area contributed by atoms with Crippen LogP contribution >= 0.6 is 0 Å². The third-order valence-corrected chi connectivity index (χ3v) is 5.05. The number of ether oxygens (including phenoxy) is 1. The molecule has 0 radical (unpaired) electrons. The van der Waals surface area contributed by atoms with Gasteiger partial charge in [0.15, 0.2) is 11.8 Å². The van der Waals surface area contributed by atoms with Gasteiger partial charge < -0.3 is 10.1 Å². The highest BCUT2D eigenvalue weighted by Crippen LogP contribution is 2.21. The van der Waals surface area contributed by atoms with Crippen LogP contribution in [0.1, 0.15) is 43.0 Å². The molecule has 1 saturated carbocycles. The molecule has 7 nitrogen and oxygen atoms in total. The third kappa shape index (κ3) is 3.60. The lowest BCUT2D eigenvalue weighted by molar-refractivity contribution is -0.129. The minimum atomic E-state index is -0.875. The van der Waals surface area contributed by atoms with Crippen molar-refractivity contribution in [3.63, 3.8) is 0 Å². The molecule has 28 heavy (non-hydrogen) atoms. The second-order valence-corrected chi connectivity index (χ2v) is 7.03. The first kappa shape index (κ1) is 18.2. The van der Waals surface area contributed by atoms with Gasteiger partial charge in [0.2, 0.25) is 0 Å². The van der Waals surface area contributed by atoms with Crippen LogP contribution in [-0.4, -0.2) is 38.6 Å². The zero-order valence-electron chi connectivity index (χ0n) is 15.7. The SMILES string of the molecule is CC(OC(=O)c1cnn2c(-c3ccccc3)ccnc12)C(=O)NC1CCCC1. The molecule has 2 heterocycles. The summed E-state index contributed by atoms with van der Waals surface area (Å²) in [5, 5.41) is 7.25. The molecule has 144 valence electrons. The number of hydrogen-bond donors (Lipinski definition) is 1. The van der Waals surface area contributed by atoms with Crippen molar-refractivity contribution in [3.8, 4) is 11.3 Å². The number of hydrogen-bond acceptors (Lipinski definition) is 5. The monoisotopic (exact) mass is 378 g/mol. The number of nitrogens with zero attached hydrogens (tertiary/aromatic N) is 3. The molecule has 3 aromatic rings. The largest absolute Gasteiger partial charge is 0.449 e. The van der Waals surface area contributed by atoms with Gasteiger partial charge in [0.05, 0.1) is 11.9 Å². The van der Waals surface area contributed by atoms with E-state index in [0.717, 1.165) is 36.9 Å². The van der Waals surface area contributed by atoms with Crippen molar-refractivity contribution in [2.45, 2.75) is 44.8 Å². The molecule has 4 rings (SSSR count). The van der Waals surface area contributed by atoms with Gasteiger partial charge in [-0.3, -0.25) is 4.79 Å². The topological polar surface area (TPSA) is 85.6 Å². The number of benzene rings is 1. The fraction of sp³-hybridized carbons (Fsp3) is 0.333. The normalized spacial score (nSPS) is 15.5. The van der Waals surface area contributed by atoms with Gasteiger partial charge in [0.25, 0.3) is 5.91 Å². The minimum Gasteiger partial charge on any atom is -0.449 e. The summed E-state index contributed by atoms with van der Waals surface area (Å²) in [5.41, 5.74) is 2.41. The number of rotatable bonds is 5. The Balaban J connectivity index is 1.52. The van der Waals surface area contributed by atoms with Gasteiger partial charge in [0, 0.05) is 17.8 Å². The average molecular weight is 378 g/mol. The molecule has 1 atom stereocenters. The number of fused-ring (bicyclic) bond motifs is 1. The molecule has 1 unspecified atom stereocenters. The number of nitrogens with one attached hydrogen (secondary N) is 1. The van der Waals surface area contributed by atoms with Gasteiger partial charge in [0.1, 0.15) is 5.56 Å². The predicted molar refractivity (Wildman–Crippen MR) is 104 cm³/mol. The molecule has 0 saturated heterocycles. The Morgan fingerprint density at radius 2 is 1.93 bits per heavy atom. The van der Waals surface area contributed by atoms with Crippen molar-refractivity contribution in [1.29, 1.82) is 0 Å². The molecule has 1 aromatic carbocycles. The van der Waals surface area contributed by atoms with E-state index < -0.39 is 12.1 Å². The maximum atomic E-state index is 12.6. The zero-order valence-corrected chi connectivity index (χ0v) is 15.7. The molecule has 7 heteroatoms. The summed E-state index contributed by atoms with van der Waals surface area (Å²) in [6.07, 6.45) is 6.39. The van der Waals surface area contributed by atoms with E-state index in [9.17, 15) is 9.59 Å². The van der Waals surface area contributed by atoms with Crippen molar-refractivity contribution < 1.29 is 14.3 Å². The van der Waals surface area contributed by atoms with E-state index in [1.54, 1.807) is 17.6 Å². The van der Waals surface area contributed by atoms with Crippen molar-refractivity contribution in [2.24, 2.45) is 0 Å². The van der Waals surface area contributed by atoms with Crippen LogP contribution in [0.25, 0.3) is 16.9 Å². The van der Waals surface area contributed by atoms with E-state index in [-0.39, 0.29) is 17.5 Å². The van der Waals surface area contributed by atoms with Crippen LogP contribution in [0.2, 0.25) is 0 Å². The Morgan fingerprint density at radius 1 is 1.18 bits per heavy atom. The van der Waals surface area contributed by atoms with Gasteiger partial charge in [-0.25, -0.2) is 14.3 Å². The van der Waals surface area contributed by atoms with E-state index in [4.69, 9.17) is 4.74 Å². The second kappa shape index (κ2) is 7.80. The number of esters is 1. The zero-order chi connectivity index (χ0) is 19.5. The number of aromatic nitrogens is 3. The van der Waals surface area contributed by atoms with Crippen molar-refractivity contribution in [2.75, 3.05) is 0 Å². The Morgan fingerprint density at radius 3 is 2.68 bits per heavy atom. The Kier molecular flexibility index (Phi) is 5.06. The summed E-state index contributed by atoms with van der Waals surface area (Å²) < 4.78 is 6.98. The van der Waals surface area contributed by atoms with Crippen LogP contribution in [0.15, 0.2) is 48.8 Å². The van der Waals surface area contributed by atoms with Gasteiger partial charge >= 0.3 is 5.97 Å². The van der Waals surface area contributed by atoms with Crippen LogP contribution in [0, 0.1) is 0 Å². The summed E-state index contributed by atoms with van der Waals surface area (Å²) in [7, 11) is 0. The Labute approximate surface area is 162 Å². The minimum absolute atomic E-state index is 0.181. The molecule has 1 N–H and O–H groups in total. The summed E-state index contributed by atoms with van der Waals surface area (Å²) >= 11 is 0. The van der Waals surface area contributed by atoms with Crippen LogP contribution < -0.4 is 5.32 Å². The Bertz CT molecular complexity index is 993. The lowest BCUT2D eigenvalue weighted by Crippen LogP contribution is -2.40. The predicted octanol–water partition coefficient (Wildman–Crippen LogP) is 3.00. The average Bonchev–Trinajstić information content (AvgIpc) is 3.38. The fourth-order valence-electron chi connectivity index (χ4n) is 3.53. The lowest BCUT2D eigenvalue weighted by atomic mass is 10.1. The standard InChI is InChI=1S/C21H22N4O3/c1-14(20(26)24-16-9-5-6-10-16)28-21(27)17-13-23-25-18(11-12-22-19(17)25)15-7-3-2-4-8-15/h2-4,7-8,11-14,16H,5-6,9-10H2,1H3,(H,24,26). The first-order valence-corrected chi connectivity index (χ1v) is 9.53. The first-order valence-electron chi connectivity index (χ1n) is 9.53. The molecule has 2 aromatic heterocycles. The molecule has 0 spiro atoms. The van der Waals surface area contributed by atoms with Crippen molar-refractivity contribution >= 4 is 17.5 Å². The fourth-order valence-corrected chi connectivity index (χ4v) is 3.53. The number of carbonyl (C=O) groups excluding carboxylic acids is 2. The Hall–Kier alpha value is -3.22. The third-order valence-electron chi connectivity index (χ3n) is 5.05. The molecule has 0 aliphatic heterocycles. The first-order chi connectivity index (χ1) is 13.6. The molecule has 0 bridgehead atoms. The van der Waals surface area contributed by atoms with Gasteiger partial charge in [-0.05, 0) is 25.8 Å². The van der Waals surface area contributed by atoms with Crippen LogP contribution in [-0.2, 0) is 9.53 Å². The van der Waals surface area contributed by atoms with Crippen molar-refractivity contribution in [3.05, 3.63) is 54.4 Å². The highest BCUT2D eigenvalue weighted by molar-refractivity contribution is 5.97. The summed E-state index contributed by atoms with van der Waals surface area (Å²) in [4.78, 5) is 29.2. The smallest absolute Gasteiger partial charge is 0.344 e. The highest BCUT2D eigenvalue weighted by atomic mass is 16.5. The number of carbonyl (C=O) groups is 2. The van der Waals surface area contributed by atoms with E-state index in [1.165, 1.54) is 6.20 Å². The van der Waals surface area contributed by atoms with Crippen molar-refractivity contribution in [1.82, 2.24) is 19.9 Å². The quantitative estimate of drug-likeness (QED) is 0.690. The van der Waals surface area contributed by atoms with E-state index >= 15 is 0 Å². The van der Waals surface area contributed by atoms with Gasteiger partial charge in [-0.2, -0.15) is 5.10 Å². The summed E-state index contributed by atoms with van der Waals surface area (Å²) in [6.45, 7) is 1.58. The van der Waals surface area contributed by atoms with Gasteiger partial charge in [-0.1, -0.05) is 43.2 Å². The molecule has 1 fully saturated rings. The maximum Gasteiger partial charge on any atom is 0.344 e. The summed E-state index contributed by atoms with van der Waals surface area (Å²) in [5.74, 6) is -0.878. The second-order valence-electron chi connectivity index (χ2n) is 7.03. The molecular formula is C21H22N4O3. The molecule has 1 amide bonds. The van der Waals surface area contributed by atoms with Crippen LogP contribution in [0.3, 0.4) is 0 Å². The van der Waals surface area contributed by atoms with Gasteiger partial charge in [-0.15, -0.1) is 0 Å². The maximum absolute atomic E-state index is 12.6. The van der Waals surface area contributed by atoms with E-state index in [1.807, 2.05) is 36.4 Å². The van der Waals surface area contributed by atoms with Crippen LogP contribution in [0.5, 0.6) is 0 Å². The summed E-state index contributed by atoms with van der Waals surface area (Å²) in [6, 6.07) is 11.7. The van der Waals surface area contributed by atoms with Crippen LogP contribution in [0.4, 0.5) is 0 Å². The molecule has 1 aliphatic carbocycles. The van der Waals surface area contributed by atoms with E-state index in [2.05, 4.69) is 15.4 Å². The van der Waals surface area contributed by atoms with E-state index in [0.29, 0.717) is 5.65 Å². The lowest BCUT2D eigenvalue weighted by Gasteiger charge is -2.16. The number of amides is 1.